The van der Waals surface area contributed by atoms with Crippen molar-refractivity contribution in [3.8, 4) is 11.5 Å². The van der Waals surface area contributed by atoms with Gasteiger partial charge in [-0.05, 0) is 43.0 Å². The molecule has 3 rings (SSSR count). The smallest absolute Gasteiger partial charge is 0.224 e. The average molecular weight is 344 g/mol. The Morgan fingerprint density at radius 2 is 2.24 bits per heavy atom. The number of hydrogen-bond acceptors (Lipinski definition) is 7. The maximum Gasteiger partial charge on any atom is 0.224 e. The van der Waals surface area contributed by atoms with Crippen molar-refractivity contribution < 1.29 is 14.9 Å². The summed E-state index contributed by atoms with van der Waals surface area (Å²) >= 11 is 0. The van der Waals surface area contributed by atoms with E-state index in [-0.39, 0.29) is 11.9 Å². The minimum Gasteiger partial charge on any atom is -0.504 e. The summed E-state index contributed by atoms with van der Waals surface area (Å²) in [6, 6.07) is 7.19. The van der Waals surface area contributed by atoms with Crippen molar-refractivity contribution in [2.24, 2.45) is 0 Å². The number of aliphatic hydroxyl groups excluding tert-OH is 1. The van der Waals surface area contributed by atoms with Crippen LogP contribution in [0, 0.1) is 0 Å². The zero-order valence-electron chi connectivity index (χ0n) is 14.4. The Kier molecular flexibility index (Phi) is 5.55. The number of β-amino-alcohol motifs (C(OH)–C–C–N with tert-alkyl or cyclic N) is 1. The highest BCUT2D eigenvalue weighted by atomic mass is 16.5. The highest BCUT2D eigenvalue weighted by molar-refractivity contribution is 5.44. The molecule has 1 saturated heterocycles. The van der Waals surface area contributed by atoms with Crippen molar-refractivity contribution in [1.82, 2.24) is 9.97 Å². The van der Waals surface area contributed by atoms with Gasteiger partial charge in [0.1, 0.15) is 5.82 Å². The van der Waals surface area contributed by atoms with E-state index in [4.69, 9.17) is 4.74 Å². The first-order valence-electron chi connectivity index (χ1n) is 8.51. The molecule has 1 aliphatic heterocycles. The maximum absolute atomic E-state index is 9.81. The van der Waals surface area contributed by atoms with E-state index in [1.807, 2.05) is 18.2 Å². The van der Waals surface area contributed by atoms with Crippen LogP contribution in [0.3, 0.4) is 0 Å². The molecule has 134 valence electrons. The van der Waals surface area contributed by atoms with Gasteiger partial charge in [0, 0.05) is 25.8 Å². The molecule has 0 aliphatic carbocycles. The molecule has 1 aromatic carbocycles. The molecule has 7 heteroatoms. The minimum atomic E-state index is -0.287. The van der Waals surface area contributed by atoms with E-state index >= 15 is 0 Å². The number of aromatic hydroxyl groups is 1. The lowest BCUT2D eigenvalue weighted by Crippen LogP contribution is -2.38. The second kappa shape index (κ2) is 8.02. The lowest BCUT2D eigenvalue weighted by atomic mass is 10.1. The monoisotopic (exact) mass is 344 g/mol. The van der Waals surface area contributed by atoms with E-state index in [0.717, 1.165) is 37.2 Å². The second-order valence-corrected chi connectivity index (χ2v) is 6.16. The van der Waals surface area contributed by atoms with Gasteiger partial charge in [0.15, 0.2) is 11.5 Å². The third kappa shape index (κ3) is 4.51. The van der Waals surface area contributed by atoms with E-state index < -0.39 is 0 Å². The largest absolute Gasteiger partial charge is 0.504 e. The number of anilines is 2. The number of benzene rings is 1. The highest BCUT2D eigenvalue weighted by Crippen LogP contribution is 2.26. The number of aliphatic hydroxyl groups is 1. The Balaban J connectivity index is 1.57. The number of hydrogen-bond donors (Lipinski definition) is 3. The number of piperidine rings is 1. The highest BCUT2D eigenvalue weighted by Gasteiger charge is 2.19. The van der Waals surface area contributed by atoms with Gasteiger partial charge in [-0.2, -0.15) is 4.98 Å². The SMILES string of the molecule is COc1cc(CCNc2nccc(N3CCCC(O)C3)n2)ccc1O. The van der Waals surface area contributed by atoms with Crippen LogP contribution >= 0.6 is 0 Å². The number of methoxy groups -OCH3 is 1. The molecule has 2 aromatic rings. The van der Waals surface area contributed by atoms with Crippen LogP contribution in [0.25, 0.3) is 0 Å². The Morgan fingerprint density at radius 1 is 1.36 bits per heavy atom. The lowest BCUT2D eigenvalue weighted by Gasteiger charge is -2.31. The molecule has 0 bridgehead atoms. The second-order valence-electron chi connectivity index (χ2n) is 6.16. The van der Waals surface area contributed by atoms with Crippen LogP contribution in [0.2, 0.25) is 0 Å². The molecule has 1 fully saturated rings. The third-order valence-electron chi connectivity index (χ3n) is 4.30. The molecule has 0 amide bonds. The first-order valence-corrected chi connectivity index (χ1v) is 8.51. The standard InChI is InChI=1S/C18H24N4O3/c1-25-16-11-13(4-5-15(16)24)6-8-19-18-20-9-7-17(21-18)22-10-2-3-14(23)12-22/h4-5,7,9,11,14,23-24H,2-3,6,8,10,12H2,1H3,(H,19,20,21). The Hall–Kier alpha value is -2.54. The van der Waals surface area contributed by atoms with Gasteiger partial charge < -0.3 is 25.2 Å². The Morgan fingerprint density at radius 3 is 3.04 bits per heavy atom. The number of ether oxygens (including phenoxy) is 1. The van der Waals surface area contributed by atoms with Gasteiger partial charge in [0.2, 0.25) is 5.95 Å². The van der Waals surface area contributed by atoms with Gasteiger partial charge in [-0.1, -0.05) is 6.07 Å². The zero-order chi connectivity index (χ0) is 17.6. The molecular formula is C18H24N4O3. The topological polar surface area (TPSA) is 90.7 Å². The van der Waals surface area contributed by atoms with Gasteiger partial charge in [-0.25, -0.2) is 4.98 Å². The Labute approximate surface area is 147 Å². The molecule has 1 aromatic heterocycles. The summed E-state index contributed by atoms with van der Waals surface area (Å²) in [5.74, 6) is 2.02. The molecule has 1 unspecified atom stereocenters. The summed E-state index contributed by atoms with van der Waals surface area (Å²) < 4.78 is 5.12. The van der Waals surface area contributed by atoms with Crippen LogP contribution in [-0.2, 0) is 6.42 Å². The molecule has 7 nitrogen and oxygen atoms in total. The van der Waals surface area contributed by atoms with Gasteiger partial charge in [0.05, 0.1) is 13.2 Å². The number of nitrogens with one attached hydrogen (secondary N) is 1. The van der Waals surface area contributed by atoms with Crippen molar-refractivity contribution in [1.29, 1.82) is 0 Å². The zero-order valence-corrected chi connectivity index (χ0v) is 14.4. The van der Waals surface area contributed by atoms with Crippen LogP contribution in [0.15, 0.2) is 30.5 Å². The van der Waals surface area contributed by atoms with Crippen LogP contribution in [0.5, 0.6) is 11.5 Å². The molecule has 0 radical (unpaired) electrons. The van der Waals surface area contributed by atoms with Crippen LogP contribution in [0.4, 0.5) is 11.8 Å². The fraction of sp³-hybridized carbons (Fsp3) is 0.444. The number of phenolic OH excluding ortho intramolecular Hbond substituents is 1. The van der Waals surface area contributed by atoms with Crippen LogP contribution in [0.1, 0.15) is 18.4 Å². The molecule has 0 saturated carbocycles. The fourth-order valence-electron chi connectivity index (χ4n) is 2.97. The van der Waals surface area contributed by atoms with E-state index in [1.165, 1.54) is 7.11 Å². The quantitative estimate of drug-likeness (QED) is 0.736. The summed E-state index contributed by atoms with van der Waals surface area (Å²) in [4.78, 5) is 10.9. The molecule has 1 atom stereocenters. The summed E-state index contributed by atoms with van der Waals surface area (Å²) in [5, 5.41) is 22.7. The number of phenols is 1. The van der Waals surface area contributed by atoms with Crippen molar-refractivity contribution >= 4 is 11.8 Å². The number of rotatable bonds is 6. The molecule has 25 heavy (non-hydrogen) atoms. The van der Waals surface area contributed by atoms with Gasteiger partial charge >= 0.3 is 0 Å². The third-order valence-corrected chi connectivity index (χ3v) is 4.30. The molecule has 2 heterocycles. The van der Waals surface area contributed by atoms with Gasteiger partial charge in [-0.3, -0.25) is 0 Å². The Bertz CT molecular complexity index is 710. The molecule has 0 spiro atoms. The minimum absolute atomic E-state index is 0.138. The van der Waals surface area contributed by atoms with Gasteiger partial charge in [-0.15, -0.1) is 0 Å². The summed E-state index contributed by atoms with van der Waals surface area (Å²) in [5.41, 5.74) is 1.05. The molecule has 1 aliphatic rings. The summed E-state index contributed by atoms with van der Waals surface area (Å²) in [6.07, 6.45) is 4.02. The van der Waals surface area contributed by atoms with Crippen LogP contribution in [-0.4, -0.2) is 53.0 Å². The molecular weight excluding hydrogens is 320 g/mol. The van der Waals surface area contributed by atoms with Crippen molar-refractivity contribution in [3.05, 3.63) is 36.0 Å². The van der Waals surface area contributed by atoms with E-state index in [0.29, 0.717) is 24.8 Å². The first-order chi connectivity index (χ1) is 12.2. The normalized spacial score (nSPS) is 17.4. The maximum atomic E-state index is 9.81. The lowest BCUT2D eigenvalue weighted by molar-refractivity contribution is 0.154. The summed E-state index contributed by atoms with van der Waals surface area (Å²) in [6.45, 7) is 2.19. The predicted octanol–water partition coefficient (Wildman–Crippen LogP) is 1.81. The van der Waals surface area contributed by atoms with E-state index in [1.54, 1.807) is 12.3 Å². The average Bonchev–Trinajstić information content (AvgIpc) is 2.63. The van der Waals surface area contributed by atoms with E-state index in [2.05, 4.69) is 20.2 Å². The first kappa shape index (κ1) is 17.3. The summed E-state index contributed by atoms with van der Waals surface area (Å²) in [7, 11) is 1.54. The van der Waals surface area contributed by atoms with Gasteiger partial charge in [0.25, 0.3) is 0 Å². The fourth-order valence-corrected chi connectivity index (χ4v) is 2.97. The van der Waals surface area contributed by atoms with E-state index in [9.17, 15) is 10.2 Å². The van der Waals surface area contributed by atoms with Crippen LogP contribution < -0.4 is 15.0 Å². The molecule has 3 N–H and O–H groups in total. The number of nitrogens with zero attached hydrogens (tertiary/aromatic N) is 3. The van der Waals surface area contributed by atoms with Crippen molar-refractivity contribution in [2.75, 3.05) is 37.0 Å². The van der Waals surface area contributed by atoms with Crippen molar-refractivity contribution in [2.45, 2.75) is 25.4 Å². The number of aromatic nitrogens is 2. The van der Waals surface area contributed by atoms with Crippen molar-refractivity contribution in [3.63, 3.8) is 0 Å². The predicted molar refractivity (Wildman–Crippen MR) is 96.3 cm³/mol.